The third-order valence-electron chi connectivity index (χ3n) is 4.30. The molecule has 0 unspecified atom stereocenters. The van der Waals surface area contributed by atoms with Gasteiger partial charge in [0.2, 0.25) is 0 Å². The van der Waals surface area contributed by atoms with Crippen molar-refractivity contribution in [1.82, 2.24) is 0 Å². The maximum Gasteiger partial charge on any atom is 0.337 e. The SMILES string of the molecule is COC(=O)c1ccc(C)c(NC(=O)c2ccc(NC3CC3)c([N+](=O)[O-])c2)c1. The molecule has 0 atom stereocenters. The van der Waals surface area contributed by atoms with Crippen molar-refractivity contribution in [2.24, 2.45) is 0 Å². The van der Waals surface area contributed by atoms with E-state index in [0.29, 0.717) is 16.9 Å². The summed E-state index contributed by atoms with van der Waals surface area (Å²) in [5, 5.41) is 17.1. The fourth-order valence-corrected chi connectivity index (χ4v) is 2.59. The molecular formula is C19H19N3O5. The van der Waals surface area contributed by atoms with Crippen LogP contribution >= 0.6 is 0 Å². The standard InChI is InChI=1S/C19H19N3O5/c1-11-3-4-13(19(24)27-2)9-16(11)21-18(23)12-5-8-15(20-14-6-7-14)17(10-12)22(25)26/h3-5,8-10,14,20H,6-7H2,1-2H3,(H,21,23). The molecule has 140 valence electrons. The normalized spacial score (nSPS) is 13.0. The van der Waals surface area contributed by atoms with Gasteiger partial charge in [-0.05, 0) is 49.6 Å². The Bertz CT molecular complexity index is 922. The Morgan fingerprint density at radius 2 is 1.81 bits per heavy atom. The predicted octanol–water partition coefficient (Wildman–Crippen LogP) is 3.52. The summed E-state index contributed by atoms with van der Waals surface area (Å²) >= 11 is 0. The molecule has 1 saturated carbocycles. The number of hydrogen-bond acceptors (Lipinski definition) is 6. The van der Waals surface area contributed by atoms with Crippen LogP contribution < -0.4 is 10.6 Å². The molecule has 0 saturated heterocycles. The van der Waals surface area contributed by atoms with Gasteiger partial charge in [0.15, 0.2) is 0 Å². The maximum absolute atomic E-state index is 12.6. The molecule has 0 heterocycles. The van der Waals surface area contributed by atoms with Crippen LogP contribution in [0.3, 0.4) is 0 Å². The minimum atomic E-state index is -0.517. The number of rotatable bonds is 6. The molecule has 0 radical (unpaired) electrons. The first-order chi connectivity index (χ1) is 12.9. The molecule has 0 bridgehead atoms. The first-order valence-electron chi connectivity index (χ1n) is 8.44. The average molecular weight is 369 g/mol. The molecule has 2 aromatic carbocycles. The summed E-state index contributed by atoms with van der Waals surface area (Å²) < 4.78 is 4.68. The number of hydrogen-bond donors (Lipinski definition) is 2. The molecule has 2 N–H and O–H groups in total. The molecular weight excluding hydrogens is 350 g/mol. The number of esters is 1. The van der Waals surface area contributed by atoms with E-state index >= 15 is 0 Å². The van der Waals surface area contributed by atoms with E-state index in [4.69, 9.17) is 0 Å². The van der Waals surface area contributed by atoms with Crippen molar-refractivity contribution in [3.8, 4) is 0 Å². The van der Waals surface area contributed by atoms with Crippen LogP contribution in [-0.2, 0) is 4.74 Å². The number of ether oxygens (including phenoxy) is 1. The van der Waals surface area contributed by atoms with Crippen LogP contribution in [0.2, 0.25) is 0 Å². The molecule has 1 fully saturated rings. The number of nitro groups is 1. The summed E-state index contributed by atoms with van der Waals surface area (Å²) in [6.07, 6.45) is 1.96. The third kappa shape index (κ3) is 4.22. The molecule has 27 heavy (non-hydrogen) atoms. The predicted molar refractivity (Wildman–Crippen MR) is 100 cm³/mol. The van der Waals surface area contributed by atoms with Crippen molar-refractivity contribution in [3.63, 3.8) is 0 Å². The molecule has 8 nitrogen and oxygen atoms in total. The number of nitrogens with one attached hydrogen (secondary N) is 2. The van der Waals surface area contributed by atoms with Gasteiger partial charge in [0.05, 0.1) is 17.6 Å². The van der Waals surface area contributed by atoms with E-state index in [1.807, 2.05) is 0 Å². The Labute approximate surface area is 155 Å². The highest BCUT2D eigenvalue weighted by Crippen LogP contribution is 2.31. The number of aryl methyl sites for hydroxylation is 1. The van der Waals surface area contributed by atoms with Crippen LogP contribution in [0, 0.1) is 17.0 Å². The quantitative estimate of drug-likeness (QED) is 0.458. The average Bonchev–Trinajstić information content (AvgIpc) is 3.47. The van der Waals surface area contributed by atoms with Crippen LogP contribution in [0.15, 0.2) is 36.4 Å². The summed E-state index contributed by atoms with van der Waals surface area (Å²) in [4.78, 5) is 35.1. The van der Waals surface area contributed by atoms with Crippen LogP contribution in [0.25, 0.3) is 0 Å². The van der Waals surface area contributed by atoms with Gasteiger partial charge in [-0.15, -0.1) is 0 Å². The number of nitrogens with zero attached hydrogens (tertiary/aromatic N) is 1. The monoisotopic (exact) mass is 369 g/mol. The first-order valence-corrected chi connectivity index (χ1v) is 8.44. The van der Waals surface area contributed by atoms with Gasteiger partial charge in [0, 0.05) is 23.4 Å². The number of anilines is 2. The second-order valence-electron chi connectivity index (χ2n) is 6.38. The minimum Gasteiger partial charge on any atom is -0.465 e. The fourth-order valence-electron chi connectivity index (χ4n) is 2.59. The summed E-state index contributed by atoms with van der Waals surface area (Å²) in [6.45, 7) is 1.78. The maximum atomic E-state index is 12.6. The third-order valence-corrected chi connectivity index (χ3v) is 4.30. The molecule has 0 aromatic heterocycles. The Morgan fingerprint density at radius 3 is 2.44 bits per heavy atom. The van der Waals surface area contributed by atoms with Gasteiger partial charge in [-0.3, -0.25) is 14.9 Å². The summed E-state index contributed by atoms with van der Waals surface area (Å²) in [7, 11) is 1.27. The molecule has 2 aromatic rings. The minimum absolute atomic E-state index is 0.144. The lowest BCUT2D eigenvalue weighted by Gasteiger charge is -2.11. The first kappa shape index (κ1) is 18.4. The Hall–Kier alpha value is -3.42. The van der Waals surface area contributed by atoms with E-state index in [2.05, 4.69) is 15.4 Å². The topological polar surface area (TPSA) is 111 Å². The van der Waals surface area contributed by atoms with Gasteiger partial charge < -0.3 is 15.4 Å². The molecule has 3 rings (SSSR count). The lowest BCUT2D eigenvalue weighted by molar-refractivity contribution is -0.384. The smallest absolute Gasteiger partial charge is 0.337 e. The Balaban J connectivity index is 1.84. The highest BCUT2D eigenvalue weighted by molar-refractivity contribution is 6.06. The van der Waals surface area contributed by atoms with Crippen LogP contribution in [0.1, 0.15) is 39.1 Å². The summed E-state index contributed by atoms with van der Waals surface area (Å²) in [5.41, 5.74) is 1.90. The van der Waals surface area contributed by atoms with Gasteiger partial charge in [-0.1, -0.05) is 6.07 Å². The van der Waals surface area contributed by atoms with Gasteiger partial charge >= 0.3 is 5.97 Å². The van der Waals surface area contributed by atoms with Crippen molar-refractivity contribution in [2.75, 3.05) is 17.7 Å². The fraction of sp³-hybridized carbons (Fsp3) is 0.263. The van der Waals surface area contributed by atoms with Crippen molar-refractivity contribution >= 4 is 28.9 Å². The molecule has 0 spiro atoms. The number of carbonyl (C=O) groups excluding carboxylic acids is 2. The molecule has 1 amide bonds. The number of benzene rings is 2. The van der Waals surface area contributed by atoms with Crippen molar-refractivity contribution < 1.29 is 19.2 Å². The van der Waals surface area contributed by atoms with Crippen molar-refractivity contribution in [1.29, 1.82) is 0 Å². The van der Waals surface area contributed by atoms with Crippen LogP contribution in [-0.4, -0.2) is 30.0 Å². The van der Waals surface area contributed by atoms with Gasteiger partial charge in [0.25, 0.3) is 11.6 Å². The lowest BCUT2D eigenvalue weighted by atomic mass is 10.1. The zero-order chi connectivity index (χ0) is 19.6. The number of amides is 1. The van der Waals surface area contributed by atoms with Gasteiger partial charge in [-0.25, -0.2) is 4.79 Å². The van der Waals surface area contributed by atoms with Gasteiger partial charge in [-0.2, -0.15) is 0 Å². The Kier molecular flexibility index (Phi) is 5.07. The van der Waals surface area contributed by atoms with E-state index < -0.39 is 16.8 Å². The molecule has 1 aliphatic carbocycles. The molecule has 1 aliphatic rings. The number of methoxy groups -OCH3 is 1. The number of carbonyl (C=O) groups is 2. The summed E-state index contributed by atoms with van der Waals surface area (Å²) in [5.74, 6) is -1.02. The van der Waals surface area contributed by atoms with E-state index in [1.54, 1.807) is 25.1 Å². The molecule has 0 aliphatic heterocycles. The molecule has 8 heteroatoms. The second kappa shape index (κ2) is 7.45. The van der Waals surface area contributed by atoms with E-state index in [-0.39, 0.29) is 17.3 Å². The lowest BCUT2D eigenvalue weighted by Crippen LogP contribution is -2.14. The van der Waals surface area contributed by atoms with Crippen LogP contribution in [0.4, 0.5) is 17.1 Å². The van der Waals surface area contributed by atoms with E-state index in [0.717, 1.165) is 18.4 Å². The Morgan fingerprint density at radius 1 is 1.11 bits per heavy atom. The highest BCUT2D eigenvalue weighted by atomic mass is 16.6. The van der Waals surface area contributed by atoms with E-state index in [9.17, 15) is 19.7 Å². The van der Waals surface area contributed by atoms with Crippen molar-refractivity contribution in [2.45, 2.75) is 25.8 Å². The van der Waals surface area contributed by atoms with Crippen molar-refractivity contribution in [3.05, 3.63) is 63.2 Å². The largest absolute Gasteiger partial charge is 0.465 e. The van der Waals surface area contributed by atoms with Gasteiger partial charge in [0.1, 0.15) is 5.69 Å². The number of nitro benzene ring substituents is 1. The zero-order valence-corrected chi connectivity index (χ0v) is 14.9. The highest BCUT2D eigenvalue weighted by Gasteiger charge is 2.25. The summed E-state index contributed by atoms with van der Waals surface area (Å²) in [6, 6.07) is 9.38. The second-order valence-corrected chi connectivity index (χ2v) is 6.38. The van der Waals surface area contributed by atoms with E-state index in [1.165, 1.54) is 25.3 Å². The zero-order valence-electron chi connectivity index (χ0n) is 14.9. The van der Waals surface area contributed by atoms with Crippen LogP contribution in [0.5, 0.6) is 0 Å².